The van der Waals surface area contributed by atoms with Crippen LogP contribution in [0.2, 0.25) is 0 Å². The first-order chi connectivity index (χ1) is 12.2. The van der Waals surface area contributed by atoms with Crippen LogP contribution in [0.3, 0.4) is 0 Å². The molecule has 4 N–H and O–H groups in total. The highest BCUT2D eigenvalue weighted by Gasteiger charge is 2.28. The van der Waals surface area contributed by atoms with Crippen molar-refractivity contribution in [3.8, 4) is 17.2 Å². The summed E-state index contributed by atoms with van der Waals surface area (Å²) in [7, 11) is 0. The van der Waals surface area contributed by atoms with Gasteiger partial charge in [0.25, 0.3) is 0 Å². The number of para-hydroxylation sites is 1. The molecular weight excluding hydrogens is 316 g/mol. The summed E-state index contributed by atoms with van der Waals surface area (Å²) in [6.45, 7) is 2.46. The smallest absolute Gasteiger partial charge is 0.231 e. The van der Waals surface area contributed by atoms with Gasteiger partial charge < -0.3 is 25.2 Å². The van der Waals surface area contributed by atoms with E-state index >= 15 is 0 Å². The number of benzene rings is 2. The monoisotopic (exact) mass is 339 g/mol. The van der Waals surface area contributed by atoms with Gasteiger partial charge in [-0.05, 0) is 36.8 Å². The Kier molecular flexibility index (Phi) is 4.24. The summed E-state index contributed by atoms with van der Waals surface area (Å²) in [5.41, 5.74) is 3.06. The highest BCUT2D eigenvalue weighted by Crippen LogP contribution is 2.35. The lowest BCUT2D eigenvalue weighted by Gasteiger charge is -2.29. The van der Waals surface area contributed by atoms with Crippen LogP contribution in [0.5, 0.6) is 17.2 Å². The molecule has 2 aromatic carbocycles. The Hall–Kier alpha value is -2.66. The van der Waals surface area contributed by atoms with Crippen molar-refractivity contribution < 1.29 is 19.9 Å². The lowest BCUT2D eigenvalue weighted by Crippen LogP contribution is -2.94. The number of aromatic hydroxyl groups is 1. The fourth-order valence-corrected chi connectivity index (χ4v) is 3.47. The van der Waals surface area contributed by atoms with E-state index < -0.39 is 0 Å². The maximum atomic E-state index is 10.3. The van der Waals surface area contributed by atoms with Crippen molar-refractivity contribution in [2.24, 2.45) is 0 Å². The number of phenolic OH excluding ortho intramolecular Hbond substituents is 1. The molecule has 0 bridgehead atoms. The highest BCUT2D eigenvalue weighted by molar-refractivity contribution is 5.68. The summed E-state index contributed by atoms with van der Waals surface area (Å²) < 4.78 is 10.9. The molecule has 2 aliphatic rings. The second-order valence-corrected chi connectivity index (χ2v) is 6.46. The summed E-state index contributed by atoms with van der Waals surface area (Å²) in [6, 6.07) is 13.6. The maximum Gasteiger partial charge on any atom is 0.231 e. The summed E-state index contributed by atoms with van der Waals surface area (Å²) in [5.74, 6) is 1.90. The molecule has 0 spiro atoms. The number of nitrogens with one attached hydrogen (secondary N) is 1. The topological polar surface area (TPSA) is 67.3 Å². The fraction of sp³-hybridized carbons (Fsp3) is 0.300. The fourth-order valence-electron chi connectivity index (χ4n) is 3.47. The number of quaternary nitrogens is 1. The van der Waals surface area contributed by atoms with E-state index in [2.05, 4.69) is 23.6 Å². The van der Waals surface area contributed by atoms with Gasteiger partial charge in [-0.25, -0.2) is 0 Å². The molecule has 5 heteroatoms. The van der Waals surface area contributed by atoms with E-state index in [1.54, 1.807) is 6.07 Å². The Balaban J connectivity index is 1.70. The molecule has 0 aliphatic carbocycles. The minimum absolute atomic E-state index is 0.0689. The van der Waals surface area contributed by atoms with Crippen LogP contribution in [0.1, 0.15) is 36.9 Å². The zero-order chi connectivity index (χ0) is 17.2. The first-order valence-corrected chi connectivity index (χ1v) is 8.76. The predicted octanol–water partition coefficient (Wildman–Crippen LogP) is 2.50. The van der Waals surface area contributed by atoms with Crippen molar-refractivity contribution in [1.29, 1.82) is 0 Å². The Morgan fingerprint density at radius 1 is 1.16 bits per heavy atom. The molecule has 5 nitrogen and oxygen atoms in total. The zero-order valence-corrected chi connectivity index (χ0v) is 14.2. The first-order valence-electron chi connectivity index (χ1n) is 8.76. The van der Waals surface area contributed by atoms with Gasteiger partial charge in [0, 0.05) is 23.8 Å². The standard InChI is InChI=1S/C20H22N2O3/c1-2-5-20-21-15(13-8-9-18-19(10-13)25-12-24-18)11-16(22-20)14-6-3-4-7-17(14)23/h3-4,6-11,16,20-23H,2,5,12H2,1H3/p+1. The van der Waals surface area contributed by atoms with Crippen molar-refractivity contribution in [1.82, 2.24) is 5.32 Å². The van der Waals surface area contributed by atoms with E-state index in [4.69, 9.17) is 9.47 Å². The van der Waals surface area contributed by atoms with E-state index in [1.165, 1.54) is 0 Å². The third-order valence-electron chi connectivity index (χ3n) is 4.71. The van der Waals surface area contributed by atoms with Crippen LogP contribution in [0.4, 0.5) is 0 Å². The molecule has 0 fully saturated rings. The Labute approximate surface area is 147 Å². The number of phenols is 1. The van der Waals surface area contributed by atoms with Crippen LogP contribution in [-0.2, 0) is 0 Å². The van der Waals surface area contributed by atoms with E-state index in [-0.39, 0.29) is 19.0 Å². The van der Waals surface area contributed by atoms with E-state index in [1.807, 2.05) is 36.4 Å². The molecule has 0 saturated carbocycles. The second kappa shape index (κ2) is 6.69. The molecule has 130 valence electrons. The van der Waals surface area contributed by atoms with Crippen molar-refractivity contribution in [2.45, 2.75) is 32.0 Å². The van der Waals surface area contributed by atoms with Gasteiger partial charge in [-0.2, -0.15) is 0 Å². The van der Waals surface area contributed by atoms with Crippen LogP contribution in [0, 0.1) is 0 Å². The molecule has 0 aromatic heterocycles. The van der Waals surface area contributed by atoms with Gasteiger partial charge in [0.05, 0.1) is 5.56 Å². The summed E-state index contributed by atoms with van der Waals surface area (Å²) in [6.07, 6.45) is 4.57. The summed E-state index contributed by atoms with van der Waals surface area (Å²) >= 11 is 0. The summed E-state index contributed by atoms with van der Waals surface area (Å²) in [4.78, 5) is 0. The zero-order valence-electron chi connectivity index (χ0n) is 14.2. The predicted molar refractivity (Wildman–Crippen MR) is 95.1 cm³/mol. The van der Waals surface area contributed by atoms with Crippen LogP contribution < -0.4 is 20.1 Å². The van der Waals surface area contributed by atoms with E-state index in [9.17, 15) is 5.11 Å². The Morgan fingerprint density at radius 3 is 2.84 bits per heavy atom. The van der Waals surface area contributed by atoms with Crippen molar-refractivity contribution in [3.05, 3.63) is 59.7 Å². The minimum atomic E-state index is 0.0689. The molecule has 2 aromatic rings. The molecule has 0 amide bonds. The van der Waals surface area contributed by atoms with Gasteiger partial charge in [-0.3, -0.25) is 0 Å². The summed E-state index contributed by atoms with van der Waals surface area (Å²) in [5, 5.41) is 16.1. The third-order valence-corrected chi connectivity index (χ3v) is 4.71. The van der Waals surface area contributed by atoms with Gasteiger partial charge in [-0.15, -0.1) is 0 Å². The number of hydrogen-bond acceptors (Lipinski definition) is 4. The molecule has 2 unspecified atom stereocenters. The molecular formula is C20H23N2O3+. The average Bonchev–Trinajstić information content (AvgIpc) is 3.10. The largest absolute Gasteiger partial charge is 0.507 e. The van der Waals surface area contributed by atoms with Gasteiger partial charge in [-0.1, -0.05) is 19.1 Å². The van der Waals surface area contributed by atoms with Crippen molar-refractivity contribution >= 4 is 5.70 Å². The number of ether oxygens (including phenoxy) is 2. The van der Waals surface area contributed by atoms with Crippen LogP contribution >= 0.6 is 0 Å². The quantitative estimate of drug-likeness (QED) is 0.801. The lowest BCUT2D eigenvalue weighted by atomic mass is 9.98. The maximum absolute atomic E-state index is 10.3. The lowest BCUT2D eigenvalue weighted by molar-refractivity contribution is -0.724. The number of rotatable bonds is 4. The van der Waals surface area contributed by atoms with Crippen molar-refractivity contribution in [3.63, 3.8) is 0 Å². The van der Waals surface area contributed by atoms with E-state index in [0.29, 0.717) is 5.75 Å². The third kappa shape index (κ3) is 3.15. The number of fused-ring (bicyclic) bond motifs is 1. The number of hydrogen-bond donors (Lipinski definition) is 3. The second-order valence-electron chi connectivity index (χ2n) is 6.46. The van der Waals surface area contributed by atoms with Gasteiger partial charge >= 0.3 is 0 Å². The van der Waals surface area contributed by atoms with Crippen LogP contribution in [-0.4, -0.2) is 18.1 Å². The van der Waals surface area contributed by atoms with Crippen LogP contribution in [0.15, 0.2) is 48.5 Å². The van der Waals surface area contributed by atoms with Gasteiger partial charge in [0.2, 0.25) is 6.79 Å². The first kappa shape index (κ1) is 15.8. The Morgan fingerprint density at radius 2 is 2.00 bits per heavy atom. The highest BCUT2D eigenvalue weighted by atomic mass is 16.7. The Bertz CT molecular complexity index is 803. The van der Waals surface area contributed by atoms with Crippen LogP contribution in [0.25, 0.3) is 5.70 Å². The van der Waals surface area contributed by atoms with Gasteiger partial charge in [0.15, 0.2) is 17.7 Å². The molecule has 0 saturated heterocycles. The normalized spacial score (nSPS) is 21.6. The van der Waals surface area contributed by atoms with E-state index in [0.717, 1.165) is 41.2 Å². The average molecular weight is 339 g/mol. The molecule has 0 radical (unpaired) electrons. The number of nitrogens with two attached hydrogens (primary N) is 1. The molecule has 25 heavy (non-hydrogen) atoms. The SMILES string of the molecule is CCCC1NC(c2ccc3c(c2)OCO3)=CC(c2ccccc2O)[NH2+]1. The molecule has 2 aliphatic heterocycles. The van der Waals surface area contributed by atoms with Crippen molar-refractivity contribution in [2.75, 3.05) is 6.79 Å². The molecule has 2 atom stereocenters. The minimum Gasteiger partial charge on any atom is -0.507 e. The molecule has 2 heterocycles. The molecule has 4 rings (SSSR count). The van der Waals surface area contributed by atoms with Gasteiger partial charge in [0.1, 0.15) is 11.8 Å².